The van der Waals surface area contributed by atoms with Crippen LogP contribution in [0.5, 0.6) is 0 Å². The fraction of sp³-hybridized carbons (Fsp3) is 0.318. The van der Waals surface area contributed by atoms with Crippen molar-refractivity contribution in [2.45, 2.75) is 12.6 Å². The van der Waals surface area contributed by atoms with Gasteiger partial charge in [0, 0.05) is 42.5 Å². The third-order valence-corrected chi connectivity index (χ3v) is 6.90. The number of nitrogens with one attached hydrogen (secondary N) is 1. The van der Waals surface area contributed by atoms with Crippen LogP contribution in [0.4, 0.5) is 0 Å². The summed E-state index contributed by atoms with van der Waals surface area (Å²) in [5, 5.41) is 7.70. The first-order valence-corrected chi connectivity index (χ1v) is 11.4. The fourth-order valence-corrected chi connectivity index (χ4v) is 5.14. The smallest absolute Gasteiger partial charge is 0.236 e. The summed E-state index contributed by atoms with van der Waals surface area (Å²) in [5.74, 6) is 0.188. The van der Waals surface area contributed by atoms with Crippen molar-refractivity contribution < 1.29 is 4.79 Å². The van der Waals surface area contributed by atoms with Crippen LogP contribution in [0.3, 0.4) is 0 Å². The van der Waals surface area contributed by atoms with E-state index in [1.807, 2.05) is 23.1 Å². The van der Waals surface area contributed by atoms with Crippen LogP contribution in [0.25, 0.3) is 0 Å². The Morgan fingerprint density at radius 2 is 1.68 bits per heavy atom. The van der Waals surface area contributed by atoms with E-state index in [4.69, 9.17) is 0 Å². The molecule has 146 valence electrons. The predicted molar refractivity (Wildman–Crippen MR) is 117 cm³/mol. The van der Waals surface area contributed by atoms with Gasteiger partial charge < -0.3 is 4.90 Å². The second-order valence-electron chi connectivity index (χ2n) is 6.98. The minimum absolute atomic E-state index is 0.0604. The molecule has 4 rings (SSSR count). The van der Waals surface area contributed by atoms with Crippen molar-refractivity contribution in [1.29, 1.82) is 0 Å². The number of hydrogen-bond donors (Lipinski definition) is 1. The lowest BCUT2D eigenvalue weighted by atomic mass is 10.1. The Labute approximate surface area is 174 Å². The molecule has 1 amide bonds. The largest absolute Gasteiger partial charge is 0.339 e. The predicted octanol–water partition coefficient (Wildman–Crippen LogP) is 3.83. The van der Waals surface area contributed by atoms with Crippen LogP contribution in [-0.4, -0.2) is 48.4 Å². The van der Waals surface area contributed by atoms with Crippen molar-refractivity contribution >= 4 is 28.6 Å². The van der Waals surface area contributed by atoms with E-state index in [2.05, 4.69) is 57.4 Å². The van der Waals surface area contributed by atoms with Crippen LogP contribution < -0.4 is 5.32 Å². The number of carbonyl (C=O) groups excluding carboxylic acids is 1. The van der Waals surface area contributed by atoms with E-state index in [1.165, 1.54) is 15.3 Å². The maximum atomic E-state index is 12.8. The van der Waals surface area contributed by atoms with E-state index in [9.17, 15) is 4.79 Å². The van der Waals surface area contributed by atoms with E-state index in [-0.39, 0.29) is 11.9 Å². The summed E-state index contributed by atoms with van der Waals surface area (Å²) in [4.78, 5) is 19.8. The number of amides is 1. The summed E-state index contributed by atoms with van der Waals surface area (Å²) in [6.07, 6.45) is 0. The van der Waals surface area contributed by atoms with Gasteiger partial charge in [-0.1, -0.05) is 42.5 Å². The molecule has 1 aliphatic heterocycles. The average molecular weight is 412 g/mol. The van der Waals surface area contributed by atoms with Gasteiger partial charge in [-0.15, -0.1) is 22.7 Å². The zero-order chi connectivity index (χ0) is 19.2. The number of hydrogen-bond acceptors (Lipinski definition) is 5. The first kappa shape index (κ1) is 19.3. The molecule has 4 nitrogen and oxygen atoms in total. The summed E-state index contributed by atoms with van der Waals surface area (Å²) in [6.45, 7) is 4.85. The van der Waals surface area contributed by atoms with Gasteiger partial charge in [0.25, 0.3) is 0 Å². The Morgan fingerprint density at radius 1 is 0.929 bits per heavy atom. The molecule has 1 atom stereocenters. The van der Waals surface area contributed by atoms with Gasteiger partial charge in [-0.2, -0.15) is 0 Å². The van der Waals surface area contributed by atoms with Crippen LogP contribution in [0.2, 0.25) is 0 Å². The second-order valence-corrected chi connectivity index (χ2v) is 8.99. The van der Waals surface area contributed by atoms with Crippen LogP contribution >= 0.6 is 22.7 Å². The fourth-order valence-electron chi connectivity index (χ4n) is 3.56. The molecule has 28 heavy (non-hydrogen) atoms. The quantitative estimate of drug-likeness (QED) is 0.642. The molecule has 3 heterocycles. The standard InChI is InChI=1S/C22H25N3OS2/c26-21(25-12-10-24(11-13-25)17-19-8-4-14-27-19)16-23-22(20-9-5-15-28-20)18-6-2-1-3-7-18/h1-9,14-15,22-23H,10-13,16-17H2/t22-/m0/s1. The first-order valence-electron chi connectivity index (χ1n) is 9.64. The molecular weight excluding hydrogens is 386 g/mol. The molecule has 1 fully saturated rings. The first-order chi connectivity index (χ1) is 13.8. The van der Waals surface area contributed by atoms with Gasteiger partial charge in [-0.25, -0.2) is 0 Å². The number of nitrogens with zero attached hydrogens (tertiary/aromatic N) is 2. The van der Waals surface area contributed by atoms with Crippen LogP contribution in [-0.2, 0) is 11.3 Å². The van der Waals surface area contributed by atoms with Crippen molar-refractivity contribution in [1.82, 2.24) is 15.1 Å². The van der Waals surface area contributed by atoms with Crippen molar-refractivity contribution in [2.24, 2.45) is 0 Å². The Kier molecular flexibility index (Phi) is 6.54. The maximum Gasteiger partial charge on any atom is 0.236 e. The van der Waals surface area contributed by atoms with E-state index in [1.54, 1.807) is 22.7 Å². The molecule has 2 aromatic heterocycles. The zero-order valence-corrected chi connectivity index (χ0v) is 17.4. The lowest BCUT2D eigenvalue weighted by Gasteiger charge is -2.34. The van der Waals surface area contributed by atoms with Crippen LogP contribution in [0.15, 0.2) is 65.4 Å². The SMILES string of the molecule is O=C(CN[C@@H](c1ccccc1)c1cccs1)N1CCN(Cc2cccs2)CC1. The van der Waals surface area contributed by atoms with Crippen LogP contribution in [0, 0.1) is 0 Å². The number of benzene rings is 1. The highest BCUT2D eigenvalue weighted by Gasteiger charge is 2.23. The van der Waals surface area contributed by atoms with Crippen molar-refractivity contribution in [3.63, 3.8) is 0 Å². The number of thiophene rings is 2. The lowest BCUT2D eigenvalue weighted by Crippen LogP contribution is -2.50. The Balaban J connectivity index is 1.31. The summed E-state index contributed by atoms with van der Waals surface area (Å²) in [5.41, 5.74) is 1.19. The summed E-state index contributed by atoms with van der Waals surface area (Å²) >= 11 is 3.52. The summed E-state index contributed by atoms with van der Waals surface area (Å²) in [7, 11) is 0. The van der Waals surface area contributed by atoms with Crippen molar-refractivity contribution in [3.8, 4) is 0 Å². The summed E-state index contributed by atoms with van der Waals surface area (Å²) < 4.78 is 0. The van der Waals surface area contributed by atoms with Gasteiger partial charge in [-0.05, 0) is 28.5 Å². The third-order valence-electron chi connectivity index (χ3n) is 5.10. The molecule has 0 spiro atoms. The Morgan fingerprint density at radius 3 is 2.36 bits per heavy atom. The third kappa shape index (κ3) is 4.89. The zero-order valence-electron chi connectivity index (χ0n) is 15.8. The molecule has 0 radical (unpaired) electrons. The van der Waals surface area contributed by atoms with Gasteiger partial charge in [0.1, 0.15) is 0 Å². The molecule has 3 aromatic rings. The minimum Gasteiger partial charge on any atom is -0.339 e. The highest BCUT2D eigenvalue weighted by Crippen LogP contribution is 2.25. The molecule has 1 saturated heterocycles. The number of rotatable bonds is 7. The van der Waals surface area contributed by atoms with E-state index in [0.717, 1.165) is 32.7 Å². The van der Waals surface area contributed by atoms with Crippen molar-refractivity contribution in [3.05, 3.63) is 80.7 Å². The highest BCUT2D eigenvalue weighted by molar-refractivity contribution is 7.10. The molecule has 0 bridgehead atoms. The molecule has 1 aliphatic rings. The molecule has 6 heteroatoms. The van der Waals surface area contributed by atoms with Crippen LogP contribution in [0.1, 0.15) is 21.4 Å². The van der Waals surface area contributed by atoms with E-state index >= 15 is 0 Å². The minimum atomic E-state index is 0.0604. The highest BCUT2D eigenvalue weighted by atomic mass is 32.1. The molecule has 1 N–H and O–H groups in total. The van der Waals surface area contributed by atoms with Gasteiger partial charge in [-0.3, -0.25) is 15.0 Å². The normalized spacial score (nSPS) is 16.2. The average Bonchev–Trinajstić information content (AvgIpc) is 3.44. The van der Waals surface area contributed by atoms with Gasteiger partial charge in [0.15, 0.2) is 0 Å². The van der Waals surface area contributed by atoms with Gasteiger partial charge >= 0.3 is 0 Å². The monoisotopic (exact) mass is 411 g/mol. The molecule has 0 aliphatic carbocycles. The van der Waals surface area contributed by atoms with Gasteiger partial charge in [0.2, 0.25) is 5.91 Å². The van der Waals surface area contributed by atoms with E-state index < -0.39 is 0 Å². The molecular formula is C22H25N3OS2. The topological polar surface area (TPSA) is 35.6 Å². The van der Waals surface area contributed by atoms with E-state index in [0.29, 0.717) is 6.54 Å². The molecule has 0 saturated carbocycles. The summed E-state index contributed by atoms with van der Waals surface area (Å²) in [6, 6.07) is 18.9. The Bertz CT molecular complexity index is 841. The molecule has 1 aromatic carbocycles. The Hall–Kier alpha value is -1.99. The lowest BCUT2D eigenvalue weighted by molar-refractivity contribution is -0.132. The number of piperazine rings is 1. The maximum absolute atomic E-state index is 12.8. The molecule has 0 unspecified atom stereocenters. The van der Waals surface area contributed by atoms with Gasteiger partial charge in [0.05, 0.1) is 12.6 Å². The second kappa shape index (κ2) is 9.47. The van der Waals surface area contributed by atoms with Crippen molar-refractivity contribution in [2.75, 3.05) is 32.7 Å². The number of carbonyl (C=O) groups is 1.